The number of fused-ring (bicyclic) bond motifs is 3. The van der Waals surface area contributed by atoms with Crippen molar-refractivity contribution in [3.8, 4) is 0 Å². The van der Waals surface area contributed by atoms with Crippen LogP contribution in [0.2, 0.25) is 0 Å². The van der Waals surface area contributed by atoms with Crippen LogP contribution in [0.3, 0.4) is 0 Å². The zero-order chi connectivity index (χ0) is 10.4. The second-order valence-electron chi connectivity index (χ2n) is 3.61. The summed E-state index contributed by atoms with van der Waals surface area (Å²) in [5.74, 6) is 0. The first-order valence-corrected chi connectivity index (χ1v) is 5.64. The van der Waals surface area contributed by atoms with E-state index in [1.807, 2.05) is 36.6 Å². The molecule has 0 saturated heterocycles. The molecule has 3 heteroatoms. The van der Waals surface area contributed by atoms with Crippen molar-refractivity contribution in [1.82, 2.24) is 4.98 Å². The number of aromatic nitrogens is 1. The predicted octanol–water partition coefficient (Wildman–Crippen LogP) is 3.05. The molecule has 3 aromatic rings. The normalized spacial score (nSPS) is 11.3. The molecular weight excluding hydrogens is 206 g/mol. The van der Waals surface area contributed by atoms with E-state index < -0.39 is 0 Å². The van der Waals surface area contributed by atoms with E-state index in [-0.39, 0.29) is 5.56 Å². The molecule has 0 bridgehead atoms. The number of hydrogen-bond donors (Lipinski definition) is 1. The number of H-pyrrole nitrogens is 1. The lowest BCUT2D eigenvalue weighted by molar-refractivity contribution is 1.32. The first kappa shape index (κ1) is 8.68. The van der Waals surface area contributed by atoms with Gasteiger partial charge in [0.25, 0.3) is 5.56 Å². The Kier molecular flexibility index (Phi) is 1.70. The zero-order valence-corrected chi connectivity index (χ0v) is 9.02. The summed E-state index contributed by atoms with van der Waals surface area (Å²) in [6.45, 7) is 2.01. The molecule has 74 valence electrons. The molecule has 0 amide bonds. The zero-order valence-electron chi connectivity index (χ0n) is 8.20. The molecule has 0 saturated carbocycles. The average Bonchev–Trinajstić information content (AvgIpc) is 2.69. The Morgan fingerprint density at radius 3 is 2.93 bits per heavy atom. The largest absolute Gasteiger partial charge is 0.320 e. The van der Waals surface area contributed by atoms with Crippen LogP contribution in [-0.2, 0) is 0 Å². The van der Waals surface area contributed by atoms with Crippen molar-refractivity contribution >= 4 is 32.3 Å². The van der Waals surface area contributed by atoms with Gasteiger partial charge in [0.15, 0.2) is 0 Å². The van der Waals surface area contributed by atoms with Crippen molar-refractivity contribution in [1.29, 1.82) is 0 Å². The summed E-state index contributed by atoms with van der Waals surface area (Å²) in [7, 11) is 0. The fourth-order valence-electron chi connectivity index (χ4n) is 1.93. The van der Waals surface area contributed by atoms with Crippen molar-refractivity contribution in [3.63, 3.8) is 0 Å². The van der Waals surface area contributed by atoms with E-state index in [1.165, 1.54) is 11.3 Å². The van der Waals surface area contributed by atoms with E-state index >= 15 is 0 Å². The molecule has 0 spiro atoms. The van der Waals surface area contributed by atoms with Crippen LogP contribution in [-0.4, -0.2) is 4.98 Å². The van der Waals surface area contributed by atoms with Gasteiger partial charge in [-0.1, -0.05) is 18.2 Å². The number of pyridine rings is 1. The van der Waals surface area contributed by atoms with Crippen LogP contribution in [0.25, 0.3) is 21.0 Å². The molecule has 0 atom stereocenters. The van der Waals surface area contributed by atoms with Gasteiger partial charge in [-0.05, 0) is 23.9 Å². The summed E-state index contributed by atoms with van der Waals surface area (Å²) in [6.07, 6.45) is 0. The van der Waals surface area contributed by atoms with Gasteiger partial charge in [0.05, 0.1) is 5.52 Å². The van der Waals surface area contributed by atoms with Crippen molar-refractivity contribution in [2.24, 2.45) is 0 Å². The molecular formula is C12H9NOS. The lowest BCUT2D eigenvalue weighted by Gasteiger charge is -2.02. The first-order valence-electron chi connectivity index (χ1n) is 4.76. The third-order valence-corrected chi connectivity index (χ3v) is 3.59. The number of nitrogens with one attached hydrogen (secondary N) is 1. The van der Waals surface area contributed by atoms with E-state index in [2.05, 4.69) is 4.98 Å². The molecule has 1 N–H and O–H groups in total. The summed E-state index contributed by atoms with van der Waals surface area (Å²) in [5, 5.41) is 4.15. The van der Waals surface area contributed by atoms with Crippen LogP contribution in [0, 0.1) is 6.92 Å². The number of para-hydroxylation sites is 1. The maximum atomic E-state index is 11.8. The third-order valence-electron chi connectivity index (χ3n) is 2.67. The maximum absolute atomic E-state index is 11.8. The number of hydrogen-bond acceptors (Lipinski definition) is 2. The topological polar surface area (TPSA) is 32.9 Å². The molecule has 2 nitrogen and oxygen atoms in total. The highest BCUT2D eigenvalue weighted by atomic mass is 32.1. The molecule has 1 aromatic carbocycles. The minimum absolute atomic E-state index is 0.0156. The van der Waals surface area contributed by atoms with Gasteiger partial charge in [-0.15, -0.1) is 11.3 Å². The average molecular weight is 215 g/mol. The highest BCUT2D eigenvalue weighted by Gasteiger charge is 2.06. The van der Waals surface area contributed by atoms with E-state index in [4.69, 9.17) is 0 Å². The van der Waals surface area contributed by atoms with Crippen LogP contribution >= 0.6 is 11.3 Å². The molecule has 2 aromatic heterocycles. The summed E-state index contributed by atoms with van der Waals surface area (Å²) in [6, 6.07) is 8.09. The molecule has 0 unspecified atom stereocenters. The Morgan fingerprint density at radius 1 is 1.20 bits per heavy atom. The van der Waals surface area contributed by atoms with Gasteiger partial charge in [0, 0.05) is 10.8 Å². The number of benzene rings is 1. The van der Waals surface area contributed by atoms with Crippen molar-refractivity contribution in [2.45, 2.75) is 6.92 Å². The molecule has 0 aliphatic rings. The predicted molar refractivity (Wildman–Crippen MR) is 64.7 cm³/mol. The Hall–Kier alpha value is -1.61. The van der Waals surface area contributed by atoms with Crippen LogP contribution in [0.1, 0.15) is 5.56 Å². The van der Waals surface area contributed by atoms with Crippen molar-refractivity contribution < 1.29 is 0 Å². The van der Waals surface area contributed by atoms with Gasteiger partial charge in [0.2, 0.25) is 0 Å². The highest BCUT2D eigenvalue weighted by Crippen LogP contribution is 2.26. The standard InChI is InChI=1S/C12H9NOS/c1-7-3-2-4-8-9-5-6-15-11(9)12(14)13-10(7)8/h2-6H,1H3,(H,13,14). The summed E-state index contributed by atoms with van der Waals surface area (Å²) in [5.41, 5.74) is 2.08. The van der Waals surface area contributed by atoms with Gasteiger partial charge in [-0.25, -0.2) is 0 Å². The monoisotopic (exact) mass is 215 g/mol. The molecule has 0 radical (unpaired) electrons. The summed E-state index contributed by atoms with van der Waals surface area (Å²) >= 11 is 1.49. The smallest absolute Gasteiger partial charge is 0.266 e. The Morgan fingerprint density at radius 2 is 2.07 bits per heavy atom. The van der Waals surface area contributed by atoms with E-state index in [0.29, 0.717) is 0 Å². The first-order chi connectivity index (χ1) is 7.27. The Bertz CT molecular complexity index is 708. The minimum Gasteiger partial charge on any atom is -0.320 e. The number of thiophene rings is 1. The van der Waals surface area contributed by atoms with Gasteiger partial charge < -0.3 is 4.98 Å². The number of aryl methyl sites for hydroxylation is 1. The molecule has 15 heavy (non-hydrogen) atoms. The van der Waals surface area contributed by atoms with Crippen LogP contribution in [0.15, 0.2) is 34.4 Å². The van der Waals surface area contributed by atoms with Gasteiger partial charge in [-0.3, -0.25) is 4.79 Å². The van der Waals surface area contributed by atoms with Gasteiger partial charge >= 0.3 is 0 Å². The fourth-order valence-corrected chi connectivity index (χ4v) is 2.73. The Balaban J connectivity index is 2.72. The summed E-state index contributed by atoms with van der Waals surface area (Å²) in [4.78, 5) is 14.7. The summed E-state index contributed by atoms with van der Waals surface area (Å²) < 4.78 is 0.813. The molecule has 3 rings (SSSR count). The highest BCUT2D eigenvalue weighted by molar-refractivity contribution is 7.17. The minimum atomic E-state index is 0.0156. The fraction of sp³-hybridized carbons (Fsp3) is 0.0833. The molecule has 0 aliphatic carbocycles. The maximum Gasteiger partial charge on any atom is 0.266 e. The lowest BCUT2D eigenvalue weighted by Crippen LogP contribution is -2.04. The SMILES string of the molecule is Cc1cccc2c1[nH]c(=O)c1sccc12. The van der Waals surface area contributed by atoms with E-state index in [0.717, 1.165) is 26.6 Å². The number of aromatic amines is 1. The Labute approximate surface area is 90.2 Å². The van der Waals surface area contributed by atoms with Crippen molar-refractivity contribution in [2.75, 3.05) is 0 Å². The second-order valence-corrected chi connectivity index (χ2v) is 4.53. The quantitative estimate of drug-likeness (QED) is 0.614. The van der Waals surface area contributed by atoms with Gasteiger partial charge in [0.1, 0.15) is 4.70 Å². The number of rotatable bonds is 0. The molecule has 0 fully saturated rings. The van der Waals surface area contributed by atoms with Crippen LogP contribution < -0.4 is 5.56 Å². The molecule has 0 aliphatic heterocycles. The van der Waals surface area contributed by atoms with Crippen LogP contribution in [0.5, 0.6) is 0 Å². The van der Waals surface area contributed by atoms with Crippen molar-refractivity contribution in [3.05, 3.63) is 45.6 Å². The lowest BCUT2D eigenvalue weighted by atomic mass is 10.1. The van der Waals surface area contributed by atoms with Crippen LogP contribution in [0.4, 0.5) is 0 Å². The van der Waals surface area contributed by atoms with E-state index in [1.54, 1.807) is 0 Å². The second kappa shape index (κ2) is 2.94. The molecule has 2 heterocycles. The van der Waals surface area contributed by atoms with E-state index in [9.17, 15) is 4.79 Å². The van der Waals surface area contributed by atoms with Gasteiger partial charge in [-0.2, -0.15) is 0 Å². The third kappa shape index (κ3) is 1.13.